The first-order valence-corrected chi connectivity index (χ1v) is 7.53. The van der Waals surface area contributed by atoms with Crippen molar-refractivity contribution in [2.24, 2.45) is 0 Å². The molecule has 0 aromatic heterocycles. The highest BCUT2D eigenvalue weighted by molar-refractivity contribution is 6.33. The molecule has 1 amide bonds. The first-order chi connectivity index (χ1) is 9.56. The molecular formula is C15H22ClN3O. The molecular weight excluding hydrogens is 274 g/mol. The predicted octanol–water partition coefficient (Wildman–Crippen LogP) is 3.13. The SMILES string of the molecule is CC1CCCCN1CCC(=O)Nc1ccc(Cl)c(N)c1. The molecule has 2 rings (SSSR count). The van der Waals surface area contributed by atoms with E-state index in [1.54, 1.807) is 18.2 Å². The third-order valence-corrected chi connectivity index (χ3v) is 4.19. The molecule has 1 fully saturated rings. The van der Waals surface area contributed by atoms with Gasteiger partial charge in [-0.3, -0.25) is 4.79 Å². The molecule has 5 heteroatoms. The number of rotatable bonds is 4. The molecule has 20 heavy (non-hydrogen) atoms. The molecule has 0 bridgehead atoms. The van der Waals surface area contributed by atoms with Crippen molar-refractivity contribution in [3.8, 4) is 0 Å². The zero-order valence-corrected chi connectivity index (χ0v) is 12.6. The molecule has 1 aromatic carbocycles. The van der Waals surface area contributed by atoms with E-state index in [2.05, 4.69) is 17.1 Å². The first-order valence-electron chi connectivity index (χ1n) is 7.15. The fraction of sp³-hybridized carbons (Fsp3) is 0.533. The molecule has 0 spiro atoms. The topological polar surface area (TPSA) is 58.4 Å². The normalized spacial score (nSPS) is 19.8. The second kappa shape index (κ2) is 6.95. The van der Waals surface area contributed by atoms with E-state index in [4.69, 9.17) is 17.3 Å². The quantitative estimate of drug-likeness (QED) is 0.839. The van der Waals surface area contributed by atoms with E-state index in [0.29, 0.717) is 28.9 Å². The minimum atomic E-state index is 0.0181. The van der Waals surface area contributed by atoms with Crippen LogP contribution < -0.4 is 11.1 Å². The van der Waals surface area contributed by atoms with Gasteiger partial charge in [-0.2, -0.15) is 0 Å². The van der Waals surface area contributed by atoms with E-state index in [9.17, 15) is 4.79 Å². The first kappa shape index (κ1) is 15.1. The molecule has 1 aromatic rings. The lowest BCUT2D eigenvalue weighted by molar-refractivity contribution is -0.116. The molecule has 0 radical (unpaired) electrons. The summed E-state index contributed by atoms with van der Waals surface area (Å²) in [6.45, 7) is 4.15. The largest absolute Gasteiger partial charge is 0.397 e. The van der Waals surface area contributed by atoms with Gasteiger partial charge < -0.3 is 16.0 Å². The summed E-state index contributed by atoms with van der Waals surface area (Å²) in [5, 5.41) is 3.36. The highest BCUT2D eigenvalue weighted by Crippen LogP contribution is 2.22. The fourth-order valence-electron chi connectivity index (χ4n) is 2.58. The maximum absolute atomic E-state index is 11.9. The number of hydrogen-bond acceptors (Lipinski definition) is 3. The van der Waals surface area contributed by atoms with Crippen LogP contribution in [0.5, 0.6) is 0 Å². The van der Waals surface area contributed by atoms with Gasteiger partial charge in [0.05, 0.1) is 10.7 Å². The van der Waals surface area contributed by atoms with Gasteiger partial charge in [-0.1, -0.05) is 18.0 Å². The van der Waals surface area contributed by atoms with Gasteiger partial charge in [0.2, 0.25) is 5.91 Å². The second-order valence-electron chi connectivity index (χ2n) is 5.42. The van der Waals surface area contributed by atoms with Crippen molar-refractivity contribution < 1.29 is 4.79 Å². The van der Waals surface area contributed by atoms with Crippen molar-refractivity contribution in [3.63, 3.8) is 0 Å². The summed E-state index contributed by atoms with van der Waals surface area (Å²) in [5.41, 5.74) is 6.89. The van der Waals surface area contributed by atoms with Gasteiger partial charge in [0.25, 0.3) is 0 Å². The van der Waals surface area contributed by atoms with E-state index in [0.717, 1.165) is 13.1 Å². The van der Waals surface area contributed by atoms with Gasteiger partial charge in [-0.15, -0.1) is 0 Å². The van der Waals surface area contributed by atoms with Crippen LogP contribution >= 0.6 is 11.6 Å². The Morgan fingerprint density at radius 3 is 3.00 bits per heavy atom. The summed E-state index contributed by atoms with van der Waals surface area (Å²) in [6.07, 6.45) is 4.27. The van der Waals surface area contributed by atoms with Crippen molar-refractivity contribution in [2.75, 3.05) is 24.1 Å². The zero-order chi connectivity index (χ0) is 14.5. The molecule has 1 unspecified atom stereocenters. The summed E-state index contributed by atoms with van der Waals surface area (Å²) < 4.78 is 0. The summed E-state index contributed by atoms with van der Waals surface area (Å²) >= 11 is 5.85. The van der Waals surface area contributed by atoms with Crippen LogP contribution in [-0.2, 0) is 4.79 Å². The van der Waals surface area contributed by atoms with Gasteiger partial charge in [-0.25, -0.2) is 0 Å². The van der Waals surface area contributed by atoms with Crippen LogP contribution in [0.15, 0.2) is 18.2 Å². The third kappa shape index (κ3) is 4.12. The molecule has 0 saturated carbocycles. The predicted molar refractivity (Wildman–Crippen MR) is 84.0 cm³/mol. The summed E-state index contributed by atoms with van der Waals surface area (Å²) in [6, 6.07) is 5.73. The monoisotopic (exact) mass is 295 g/mol. The molecule has 1 atom stereocenters. The van der Waals surface area contributed by atoms with Crippen LogP contribution in [0.2, 0.25) is 5.02 Å². The smallest absolute Gasteiger partial charge is 0.225 e. The number of carbonyl (C=O) groups is 1. The van der Waals surface area contributed by atoms with E-state index in [1.165, 1.54) is 19.3 Å². The molecule has 1 aliphatic heterocycles. The Bertz CT molecular complexity index is 478. The lowest BCUT2D eigenvalue weighted by Gasteiger charge is -2.33. The summed E-state index contributed by atoms with van der Waals surface area (Å²) in [7, 11) is 0. The van der Waals surface area contributed by atoms with Crippen molar-refractivity contribution in [3.05, 3.63) is 23.2 Å². The lowest BCUT2D eigenvalue weighted by atomic mass is 10.0. The number of nitrogens with two attached hydrogens (primary N) is 1. The average Bonchev–Trinajstić information content (AvgIpc) is 2.42. The van der Waals surface area contributed by atoms with Gasteiger partial charge in [0.1, 0.15) is 0 Å². The number of piperidine rings is 1. The van der Waals surface area contributed by atoms with E-state index in [-0.39, 0.29) is 5.91 Å². The van der Waals surface area contributed by atoms with Crippen LogP contribution in [0.4, 0.5) is 11.4 Å². The summed E-state index contributed by atoms with van der Waals surface area (Å²) in [4.78, 5) is 14.3. The minimum Gasteiger partial charge on any atom is -0.397 e. The number of halogens is 1. The molecule has 3 N–H and O–H groups in total. The number of nitrogens with one attached hydrogen (secondary N) is 1. The van der Waals surface area contributed by atoms with Crippen LogP contribution in [0.3, 0.4) is 0 Å². The molecule has 1 aliphatic rings. The van der Waals surface area contributed by atoms with Crippen LogP contribution in [0.1, 0.15) is 32.6 Å². The Morgan fingerprint density at radius 2 is 2.30 bits per heavy atom. The van der Waals surface area contributed by atoms with Crippen LogP contribution in [0.25, 0.3) is 0 Å². The third-order valence-electron chi connectivity index (χ3n) is 3.85. The van der Waals surface area contributed by atoms with E-state index < -0.39 is 0 Å². The highest BCUT2D eigenvalue weighted by Gasteiger charge is 2.18. The molecule has 1 heterocycles. The van der Waals surface area contributed by atoms with Crippen molar-refractivity contribution in [1.29, 1.82) is 0 Å². The van der Waals surface area contributed by atoms with E-state index in [1.807, 2.05) is 0 Å². The Kier molecular flexibility index (Phi) is 5.26. The van der Waals surface area contributed by atoms with Crippen LogP contribution in [0, 0.1) is 0 Å². The molecule has 4 nitrogen and oxygen atoms in total. The Balaban J connectivity index is 1.81. The highest BCUT2D eigenvalue weighted by atomic mass is 35.5. The second-order valence-corrected chi connectivity index (χ2v) is 5.82. The number of likely N-dealkylation sites (tertiary alicyclic amines) is 1. The zero-order valence-electron chi connectivity index (χ0n) is 11.9. The molecule has 1 saturated heterocycles. The number of amides is 1. The van der Waals surface area contributed by atoms with E-state index >= 15 is 0 Å². The number of nitrogen functional groups attached to an aromatic ring is 1. The van der Waals surface area contributed by atoms with Crippen LogP contribution in [-0.4, -0.2) is 29.9 Å². The maximum atomic E-state index is 11.9. The molecule has 110 valence electrons. The standard InChI is InChI=1S/C15H22ClN3O/c1-11-4-2-3-8-19(11)9-7-15(20)18-12-5-6-13(16)14(17)10-12/h5-6,10-11H,2-4,7-9,17H2,1H3,(H,18,20). The Hall–Kier alpha value is -1.26. The number of nitrogens with zero attached hydrogens (tertiary/aromatic N) is 1. The Morgan fingerprint density at radius 1 is 1.50 bits per heavy atom. The number of anilines is 2. The summed E-state index contributed by atoms with van der Waals surface area (Å²) in [5.74, 6) is 0.0181. The number of benzene rings is 1. The average molecular weight is 296 g/mol. The van der Waals surface area contributed by atoms with Gasteiger partial charge >= 0.3 is 0 Å². The molecule has 0 aliphatic carbocycles. The lowest BCUT2D eigenvalue weighted by Crippen LogP contribution is -2.39. The van der Waals surface area contributed by atoms with Crippen molar-refractivity contribution >= 4 is 28.9 Å². The fourth-order valence-corrected chi connectivity index (χ4v) is 2.70. The number of hydrogen-bond donors (Lipinski definition) is 2. The van der Waals surface area contributed by atoms with Gasteiger partial charge in [0.15, 0.2) is 0 Å². The van der Waals surface area contributed by atoms with Gasteiger partial charge in [-0.05, 0) is 44.5 Å². The van der Waals surface area contributed by atoms with Crippen molar-refractivity contribution in [2.45, 2.75) is 38.6 Å². The van der Waals surface area contributed by atoms with Crippen molar-refractivity contribution in [1.82, 2.24) is 4.90 Å². The van der Waals surface area contributed by atoms with Gasteiger partial charge in [0, 0.05) is 24.7 Å². The number of carbonyl (C=O) groups excluding carboxylic acids is 1. The minimum absolute atomic E-state index is 0.0181. The Labute approximate surface area is 125 Å². The maximum Gasteiger partial charge on any atom is 0.225 e.